The molecule has 1 atom stereocenters. The number of aromatic nitrogens is 2. The van der Waals surface area contributed by atoms with E-state index in [1.54, 1.807) is 0 Å². The van der Waals surface area contributed by atoms with Crippen LogP contribution < -0.4 is 5.32 Å². The molecule has 0 aliphatic rings. The Kier molecular flexibility index (Phi) is 6.30. The number of halogens is 1. The van der Waals surface area contributed by atoms with Crippen LogP contribution in [0.2, 0.25) is 5.02 Å². The molecule has 0 saturated heterocycles. The molecule has 0 aliphatic carbocycles. The van der Waals surface area contributed by atoms with Gasteiger partial charge in [0.2, 0.25) is 0 Å². The fourth-order valence-electron chi connectivity index (χ4n) is 2.17. The maximum absolute atomic E-state index is 6.33. The van der Waals surface area contributed by atoms with E-state index in [0.29, 0.717) is 12.0 Å². The molecule has 0 radical (unpaired) electrons. The van der Waals surface area contributed by atoms with E-state index in [4.69, 9.17) is 11.6 Å². The fourth-order valence-corrected chi connectivity index (χ4v) is 2.37. The van der Waals surface area contributed by atoms with Crippen molar-refractivity contribution in [2.75, 3.05) is 20.6 Å². The van der Waals surface area contributed by atoms with Gasteiger partial charge in [0.1, 0.15) is 0 Å². The predicted octanol–water partition coefficient (Wildman–Crippen LogP) is 2.54. The van der Waals surface area contributed by atoms with Crippen LogP contribution in [-0.4, -0.2) is 41.4 Å². The van der Waals surface area contributed by atoms with Gasteiger partial charge in [0.25, 0.3) is 0 Å². The van der Waals surface area contributed by atoms with E-state index in [-0.39, 0.29) is 0 Å². The molecule has 0 aromatic carbocycles. The molecule has 5 heteroatoms. The first-order valence-electron chi connectivity index (χ1n) is 6.96. The molecule has 19 heavy (non-hydrogen) atoms. The third-order valence-corrected chi connectivity index (χ3v) is 3.84. The Balaban J connectivity index is 2.73. The van der Waals surface area contributed by atoms with Gasteiger partial charge in [0.15, 0.2) is 0 Å². The van der Waals surface area contributed by atoms with Crippen LogP contribution in [0.25, 0.3) is 0 Å². The molecule has 0 fully saturated rings. The average Bonchev–Trinajstić information content (AvgIpc) is 2.60. The maximum atomic E-state index is 6.33. The number of hydrogen-bond donors (Lipinski definition) is 1. The van der Waals surface area contributed by atoms with Crippen molar-refractivity contribution in [2.45, 2.75) is 46.8 Å². The van der Waals surface area contributed by atoms with Gasteiger partial charge >= 0.3 is 0 Å². The molecule has 0 bridgehead atoms. The summed E-state index contributed by atoms with van der Waals surface area (Å²) in [5.74, 6) is 0.584. The topological polar surface area (TPSA) is 33.1 Å². The van der Waals surface area contributed by atoms with Crippen LogP contribution in [0.15, 0.2) is 0 Å². The van der Waals surface area contributed by atoms with Crippen LogP contribution in [0.4, 0.5) is 0 Å². The predicted molar refractivity (Wildman–Crippen MR) is 81.7 cm³/mol. The molecular weight excluding hydrogens is 260 g/mol. The van der Waals surface area contributed by atoms with Crippen molar-refractivity contribution < 1.29 is 0 Å². The van der Waals surface area contributed by atoms with Crippen LogP contribution in [0.1, 0.15) is 32.2 Å². The minimum absolute atomic E-state index is 0.451. The van der Waals surface area contributed by atoms with Crippen molar-refractivity contribution in [2.24, 2.45) is 5.92 Å². The average molecular weight is 287 g/mol. The summed E-state index contributed by atoms with van der Waals surface area (Å²) in [5, 5.41) is 8.85. The van der Waals surface area contributed by atoms with Crippen molar-refractivity contribution in [3.63, 3.8) is 0 Å². The van der Waals surface area contributed by atoms with Crippen LogP contribution >= 0.6 is 11.6 Å². The number of rotatable bonds is 7. The minimum atomic E-state index is 0.451. The highest BCUT2D eigenvalue weighted by Gasteiger charge is 2.17. The Labute approximate surface area is 122 Å². The zero-order valence-electron chi connectivity index (χ0n) is 13.0. The van der Waals surface area contributed by atoms with E-state index in [1.165, 1.54) is 0 Å². The van der Waals surface area contributed by atoms with Gasteiger partial charge in [0.05, 0.1) is 16.4 Å². The summed E-state index contributed by atoms with van der Waals surface area (Å²) >= 11 is 6.33. The highest BCUT2D eigenvalue weighted by Crippen LogP contribution is 2.20. The Hall–Kier alpha value is -0.580. The molecule has 0 saturated carbocycles. The van der Waals surface area contributed by atoms with Gasteiger partial charge in [-0.05, 0) is 33.9 Å². The van der Waals surface area contributed by atoms with Crippen molar-refractivity contribution in [3.8, 4) is 0 Å². The highest BCUT2D eigenvalue weighted by atomic mass is 35.5. The van der Waals surface area contributed by atoms with Gasteiger partial charge in [-0.1, -0.05) is 25.4 Å². The lowest BCUT2D eigenvalue weighted by molar-refractivity contribution is 0.286. The summed E-state index contributed by atoms with van der Waals surface area (Å²) in [6.45, 7) is 11.2. The van der Waals surface area contributed by atoms with Crippen molar-refractivity contribution in [1.29, 1.82) is 0 Å². The van der Waals surface area contributed by atoms with E-state index in [2.05, 4.69) is 50.2 Å². The van der Waals surface area contributed by atoms with Crippen molar-refractivity contribution in [3.05, 3.63) is 16.4 Å². The number of aryl methyl sites for hydroxylation is 2. The summed E-state index contributed by atoms with van der Waals surface area (Å²) in [6, 6.07) is 0.451. The second-order valence-corrected chi connectivity index (χ2v) is 6.03. The molecule has 1 aromatic heterocycles. The molecule has 0 aliphatic heterocycles. The quantitative estimate of drug-likeness (QED) is 0.836. The lowest BCUT2D eigenvalue weighted by atomic mass is 10.0. The van der Waals surface area contributed by atoms with E-state index in [1.807, 2.05) is 11.6 Å². The molecular formula is C14H27ClN4. The van der Waals surface area contributed by atoms with E-state index >= 15 is 0 Å². The molecule has 1 N–H and O–H groups in total. The Bertz CT molecular complexity index is 398. The Morgan fingerprint density at radius 1 is 1.37 bits per heavy atom. The summed E-state index contributed by atoms with van der Waals surface area (Å²) in [4.78, 5) is 2.21. The first-order chi connectivity index (χ1) is 8.86. The molecule has 1 heterocycles. The SMILES string of the molecule is CCn1nc(C)c(Cl)c1CNC(CN(C)C)C(C)C. The van der Waals surface area contributed by atoms with Gasteiger partial charge in [0, 0.05) is 25.7 Å². The monoisotopic (exact) mass is 286 g/mol. The van der Waals surface area contributed by atoms with Gasteiger partial charge < -0.3 is 10.2 Å². The van der Waals surface area contributed by atoms with E-state index in [9.17, 15) is 0 Å². The van der Waals surface area contributed by atoms with Gasteiger partial charge in [-0.2, -0.15) is 5.10 Å². The lowest BCUT2D eigenvalue weighted by Crippen LogP contribution is -2.41. The van der Waals surface area contributed by atoms with Gasteiger partial charge in [-0.15, -0.1) is 0 Å². The standard InChI is InChI=1S/C14H27ClN4/c1-7-19-13(14(15)11(4)17-19)8-16-12(10(2)3)9-18(5)6/h10,12,16H,7-9H2,1-6H3. The third-order valence-electron chi connectivity index (χ3n) is 3.35. The van der Waals surface area contributed by atoms with E-state index in [0.717, 1.165) is 36.0 Å². The van der Waals surface area contributed by atoms with Crippen LogP contribution in [0.3, 0.4) is 0 Å². The molecule has 1 aromatic rings. The van der Waals surface area contributed by atoms with Gasteiger partial charge in [-0.3, -0.25) is 4.68 Å². The number of hydrogen-bond acceptors (Lipinski definition) is 3. The van der Waals surface area contributed by atoms with Crippen molar-refractivity contribution >= 4 is 11.6 Å². The second kappa shape index (κ2) is 7.27. The normalized spacial score (nSPS) is 13.5. The van der Waals surface area contributed by atoms with Crippen molar-refractivity contribution in [1.82, 2.24) is 20.0 Å². The first kappa shape index (κ1) is 16.5. The first-order valence-corrected chi connectivity index (χ1v) is 7.34. The zero-order chi connectivity index (χ0) is 14.6. The molecule has 0 amide bonds. The minimum Gasteiger partial charge on any atom is -0.308 e. The largest absolute Gasteiger partial charge is 0.308 e. The number of likely N-dealkylation sites (N-methyl/N-ethyl adjacent to an activating group) is 1. The zero-order valence-corrected chi connectivity index (χ0v) is 13.8. The maximum Gasteiger partial charge on any atom is 0.0860 e. The summed E-state index contributed by atoms with van der Waals surface area (Å²) < 4.78 is 1.98. The molecule has 4 nitrogen and oxygen atoms in total. The number of nitrogens with zero attached hydrogens (tertiary/aromatic N) is 3. The summed E-state index contributed by atoms with van der Waals surface area (Å²) in [6.07, 6.45) is 0. The lowest BCUT2D eigenvalue weighted by Gasteiger charge is -2.26. The third kappa shape index (κ3) is 4.48. The second-order valence-electron chi connectivity index (χ2n) is 5.66. The Morgan fingerprint density at radius 2 is 2.00 bits per heavy atom. The smallest absolute Gasteiger partial charge is 0.0860 e. The highest BCUT2D eigenvalue weighted by molar-refractivity contribution is 6.31. The van der Waals surface area contributed by atoms with Gasteiger partial charge in [-0.25, -0.2) is 0 Å². The number of nitrogens with one attached hydrogen (secondary N) is 1. The van der Waals surface area contributed by atoms with Crippen LogP contribution in [0.5, 0.6) is 0 Å². The molecule has 110 valence electrons. The van der Waals surface area contributed by atoms with E-state index < -0.39 is 0 Å². The summed E-state index contributed by atoms with van der Waals surface area (Å²) in [5.41, 5.74) is 2.00. The molecule has 1 rings (SSSR count). The summed E-state index contributed by atoms with van der Waals surface area (Å²) in [7, 11) is 4.20. The molecule has 0 spiro atoms. The van der Waals surface area contributed by atoms with Crippen LogP contribution in [-0.2, 0) is 13.1 Å². The Morgan fingerprint density at radius 3 is 2.47 bits per heavy atom. The molecule has 1 unspecified atom stereocenters. The van der Waals surface area contributed by atoms with Crippen LogP contribution in [0, 0.1) is 12.8 Å². The fraction of sp³-hybridized carbons (Fsp3) is 0.786.